The Morgan fingerprint density at radius 1 is 1.53 bits per heavy atom. The molecular formula is C14H21ClN2OS. The number of benzene rings is 1. The van der Waals surface area contributed by atoms with E-state index < -0.39 is 0 Å². The molecule has 3 N–H and O–H groups in total. The Labute approximate surface area is 124 Å². The van der Waals surface area contributed by atoms with Crippen molar-refractivity contribution in [2.45, 2.75) is 38.4 Å². The van der Waals surface area contributed by atoms with E-state index in [1.54, 1.807) is 18.2 Å². The number of amides is 1. The fraction of sp³-hybridized carbons (Fsp3) is 0.500. The number of hydrogen-bond acceptors (Lipinski definition) is 3. The van der Waals surface area contributed by atoms with Crippen LogP contribution in [0.2, 0.25) is 5.02 Å². The molecule has 19 heavy (non-hydrogen) atoms. The van der Waals surface area contributed by atoms with Crippen molar-refractivity contribution in [3.8, 4) is 0 Å². The van der Waals surface area contributed by atoms with Crippen molar-refractivity contribution in [2.24, 2.45) is 0 Å². The Bertz CT molecular complexity index is 426. The van der Waals surface area contributed by atoms with Gasteiger partial charge in [0.25, 0.3) is 0 Å². The van der Waals surface area contributed by atoms with E-state index in [9.17, 15) is 4.79 Å². The molecule has 1 atom stereocenters. The molecule has 0 heterocycles. The predicted octanol–water partition coefficient (Wildman–Crippen LogP) is 4.17. The quantitative estimate of drug-likeness (QED) is 0.587. The Balaban J connectivity index is 2.31. The third kappa shape index (κ3) is 6.21. The first-order valence-electron chi connectivity index (χ1n) is 6.49. The lowest BCUT2D eigenvalue weighted by Crippen LogP contribution is -2.12. The van der Waals surface area contributed by atoms with Gasteiger partial charge < -0.3 is 11.1 Å². The normalized spacial score (nSPS) is 12.2. The molecule has 1 aromatic carbocycles. The number of nitrogen functional groups attached to an aromatic ring is 1. The Morgan fingerprint density at radius 3 is 2.89 bits per heavy atom. The van der Waals surface area contributed by atoms with Crippen LogP contribution in [-0.4, -0.2) is 16.9 Å². The second-order valence-corrected chi connectivity index (χ2v) is 6.43. The predicted molar refractivity (Wildman–Crippen MR) is 85.9 cm³/mol. The molecule has 0 aliphatic carbocycles. The van der Waals surface area contributed by atoms with Crippen LogP contribution >= 0.6 is 23.4 Å². The highest BCUT2D eigenvalue weighted by Crippen LogP contribution is 2.24. The number of nitrogens with one attached hydrogen (secondary N) is 1. The number of thioether (sulfide) groups is 1. The highest BCUT2D eigenvalue weighted by molar-refractivity contribution is 7.99. The zero-order valence-electron chi connectivity index (χ0n) is 11.4. The smallest absolute Gasteiger partial charge is 0.224 e. The van der Waals surface area contributed by atoms with Crippen molar-refractivity contribution in [1.29, 1.82) is 0 Å². The van der Waals surface area contributed by atoms with Gasteiger partial charge in [0.15, 0.2) is 0 Å². The van der Waals surface area contributed by atoms with Gasteiger partial charge in [-0.25, -0.2) is 0 Å². The first-order chi connectivity index (χ1) is 9.02. The van der Waals surface area contributed by atoms with Crippen LogP contribution in [0.3, 0.4) is 0 Å². The van der Waals surface area contributed by atoms with E-state index in [0.717, 1.165) is 18.6 Å². The second-order valence-electron chi connectivity index (χ2n) is 4.48. The average Bonchev–Trinajstić information content (AvgIpc) is 2.37. The van der Waals surface area contributed by atoms with Gasteiger partial charge in [-0.15, -0.1) is 0 Å². The van der Waals surface area contributed by atoms with Crippen molar-refractivity contribution >= 4 is 40.6 Å². The van der Waals surface area contributed by atoms with E-state index >= 15 is 0 Å². The van der Waals surface area contributed by atoms with Crippen molar-refractivity contribution in [2.75, 3.05) is 16.8 Å². The summed E-state index contributed by atoms with van der Waals surface area (Å²) in [6, 6.07) is 5.08. The standard InChI is InChI=1S/C14H21ClN2OS/c1-3-10(2)19-8-4-5-14(18)17-13-7-6-11(16)9-12(13)15/h6-7,9-10H,3-5,8,16H2,1-2H3,(H,17,18). The highest BCUT2D eigenvalue weighted by Gasteiger charge is 2.06. The topological polar surface area (TPSA) is 55.1 Å². The summed E-state index contributed by atoms with van der Waals surface area (Å²) in [5, 5.41) is 3.94. The van der Waals surface area contributed by atoms with Crippen molar-refractivity contribution in [1.82, 2.24) is 0 Å². The van der Waals surface area contributed by atoms with Gasteiger partial charge in [-0.2, -0.15) is 11.8 Å². The lowest BCUT2D eigenvalue weighted by molar-refractivity contribution is -0.116. The molecule has 1 aromatic rings. The van der Waals surface area contributed by atoms with Gasteiger partial charge in [-0.3, -0.25) is 4.79 Å². The van der Waals surface area contributed by atoms with Crippen LogP contribution in [0.25, 0.3) is 0 Å². The van der Waals surface area contributed by atoms with E-state index in [2.05, 4.69) is 19.2 Å². The van der Waals surface area contributed by atoms with Gasteiger partial charge in [0.05, 0.1) is 10.7 Å². The molecule has 1 amide bonds. The molecule has 1 unspecified atom stereocenters. The first kappa shape index (κ1) is 16.2. The average molecular weight is 301 g/mol. The minimum Gasteiger partial charge on any atom is -0.399 e. The van der Waals surface area contributed by atoms with E-state index in [0.29, 0.717) is 28.1 Å². The molecule has 0 bridgehead atoms. The van der Waals surface area contributed by atoms with E-state index in [1.807, 2.05) is 11.8 Å². The Morgan fingerprint density at radius 2 is 2.26 bits per heavy atom. The Hall–Kier alpha value is -0.870. The third-order valence-electron chi connectivity index (χ3n) is 2.79. The maximum atomic E-state index is 11.8. The zero-order chi connectivity index (χ0) is 14.3. The molecule has 0 aromatic heterocycles. The van der Waals surface area contributed by atoms with Crippen LogP contribution in [0.1, 0.15) is 33.1 Å². The monoisotopic (exact) mass is 300 g/mol. The van der Waals surface area contributed by atoms with Crippen molar-refractivity contribution < 1.29 is 4.79 Å². The van der Waals surface area contributed by atoms with Gasteiger partial charge in [0, 0.05) is 17.4 Å². The second kappa shape index (κ2) is 8.33. The summed E-state index contributed by atoms with van der Waals surface area (Å²) >= 11 is 7.90. The minimum atomic E-state index is -0.00331. The largest absolute Gasteiger partial charge is 0.399 e. The molecule has 0 saturated heterocycles. The van der Waals surface area contributed by atoms with Gasteiger partial charge in [-0.05, 0) is 36.8 Å². The van der Waals surface area contributed by atoms with Crippen LogP contribution in [0.15, 0.2) is 18.2 Å². The summed E-state index contributed by atoms with van der Waals surface area (Å²) in [4.78, 5) is 11.8. The summed E-state index contributed by atoms with van der Waals surface area (Å²) in [5.74, 6) is 1.01. The number of rotatable bonds is 7. The van der Waals surface area contributed by atoms with E-state index in [-0.39, 0.29) is 5.91 Å². The molecule has 0 radical (unpaired) electrons. The number of halogens is 1. The highest BCUT2D eigenvalue weighted by atomic mass is 35.5. The molecule has 0 spiro atoms. The van der Waals surface area contributed by atoms with Crippen LogP contribution < -0.4 is 11.1 Å². The minimum absolute atomic E-state index is 0.00331. The molecule has 0 aliphatic heterocycles. The lowest BCUT2D eigenvalue weighted by Gasteiger charge is -2.09. The van der Waals surface area contributed by atoms with Gasteiger partial charge in [0.2, 0.25) is 5.91 Å². The number of nitrogens with two attached hydrogens (primary N) is 1. The third-order valence-corrected chi connectivity index (χ3v) is 4.53. The van der Waals surface area contributed by atoms with Gasteiger partial charge >= 0.3 is 0 Å². The Kier molecular flexibility index (Phi) is 7.10. The molecule has 106 valence electrons. The fourth-order valence-corrected chi connectivity index (χ4v) is 2.67. The molecule has 0 fully saturated rings. The van der Waals surface area contributed by atoms with E-state index in [1.165, 1.54) is 0 Å². The fourth-order valence-electron chi connectivity index (χ4n) is 1.48. The first-order valence-corrected chi connectivity index (χ1v) is 7.92. The number of carbonyl (C=O) groups is 1. The summed E-state index contributed by atoms with van der Waals surface area (Å²) in [6.45, 7) is 4.38. The number of carbonyl (C=O) groups excluding carboxylic acids is 1. The summed E-state index contributed by atoms with van der Waals surface area (Å²) in [5.41, 5.74) is 6.81. The summed E-state index contributed by atoms with van der Waals surface area (Å²) in [7, 11) is 0. The maximum absolute atomic E-state index is 11.8. The summed E-state index contributed by atoms with van der Waals surface area (Å²) < 4.78 is 0. The van der Waals surface area contributed by atoms with Crippen molar-refractivity contribution in [3.63, 3.8) is 0 Å². The maximum Gasteiger partial charge on any atom is 0.224 e. The molecule has 1 rings (SSSR count). The lowest BCUT2D eigenvalue weighted by atomic mass is 10.2. The van der Waals surface area contributed by atoms with Crippen LogP contribution in [0.4, 0.5) is 11.4 Å². The number of hydrogen-bond donors (Lipinski definition) is 2. The molecule has 3 nitrogen and oxygen atoms in total. The van der Waals surface area contributed by atoms with Gasteiger partial charge in [-0.1, -0.05) is 25.4 Å². The molecular weight excluding hydrogens is 280 g/mol. The molecule has 0 aliphatic rings. The van der Waals surface area contributed by atoms with Gasteiger partial charge in [0.1, 0.15) is 0 Å². The summed E-state index contributed by atoms with van der Waals surface area (Å²) in [6.07, 6.45) is 2.56. The van der Waals surface area contributed by atoms with E-state index in [4.69, 9.17) is 17.3 Å². The molecule has 0 saturated carbocycles. The van der Waals surface area contributed by atoms with Crippen molar-refractivity contribution in [3.05, 3.63) is 23.2 Å². The molecule has 5 heteroatoms. The van der Waals surface area contributed by atoms with Crippen LogP contribution in [0.5, 0.6) is 0 Å². The SMILES string of the molecule is CCC(C)SCCCC(=O)Nc1ccc(N)cc1Cl. The van der Waals surface area contributed by atoms with Crippen LogP contribution in [0, 0.1) is 0 Å². The number of anilines is 2. The zero-order valence-corrected chi connectivity index (χ0v) is 13.0. The van der Waals surface area contributed by atoms with Crippen LogP contribution in [-0.2, 0) is 4.79 Å².